The average molecular weight is 607 g/mol. The molecule has 3 aliphatic rings. The summed E-state index contributed by atoms with van der Waals surface area (Å²) in [6, 6.07) is 29.3. The lowest BCUT2D eigenvalue weighted by molar-refractivity contribution is -0.123. The molecule has 44 heavy (non-hydrogen) atoms. The average Bonchev–Trinajstić information content (AvgIpc) is 3.29. The zero-order valence-corrected chi connectivity index (χ0v) is 25.5. The van der Waals surface area contributed by atoms with Crippen molar-refractivity contribution in [3.05, 3.63) is 120 Å². The molecule has 0 aromatic heterocycles. The van der Waals surface area contributed by atoms with Crippen LogP contribution >= 0.6 is 0 Å². The number of amides is 2. The number of anilines is 1. The summed E-state index contributed by atoms with van der Waals surface area (Å²) in [7, 11) is -3.95. The smallest absolute Gasteiger partial charge is 0.243 e. The van der Waals surface area contributed by atoms with E-state index < -0.39 is 27.9 Å². The van der Waals surface area contributed by atoms with Gasteiger partial charge >= 0.3 is 0 Å². The van der Waals surface area contributed by atoms with Crippen LogP contribution in [0.3, 0.4) is 0 Å². The van der Waals surface area contributed by atoms with Crippen LogP contribution in [-0.2, 0) is 24.3 Å². The van der Waals surface area contributed by atoms with E-state index in [4.69, 9.17) is 4.74 Å². The highest BCUT2D eigenvalue weighted by Crippen LogP contribution is 2.53. The first-order valence-corrected chi connectivity index (χ1v) is 16.6. The summed E-state index contributed by atoms with van der Waals surface area (Å²) in [6.45, 7) is 4.28. The summed E-state index contributed by atoms with van der Waals surface area (Å²) in [4.78, 5) is 29.6. The third-order valence-corrected chi connectivity index (χ3v) is 11.3. The van der Waals surface area contributed by atoms with Crippen LogP contribution in [0.1, 0.15) is 36.9 Å². The van der Waals surface area contributed by atoms with Gasteiger partial charge < -0.3 is 4.74 Å². The van der Waals surface area contributed by atoms with Crippen LogP contribution in [-0.4, -0.2) is 37.7 Å². The van der Waals surface area contributed by atoms with Crippen LogP contribution in [0.2, 0.25) is 0 Å². The first-order chi connectivity index (χ1) is 21.3. The van der Waals surface area contributed by atoms with Gasteiger partial charge in [-0.05, 0) is 72.4 Å². The molecule has 0 saturated carbocycles. The van der Waals surface area contributed by atoms with E-state index in [0.29, 0.717) is 24.5 Å². The molecule has 7 rings (SSSR count). The first kappa shape index (κ1) is 28.5. The summed E-state index contributed by atoms with van der Waals surface area (Å²) >= 11 is 0. The topological polar surface area (TPSA) is 84.0 Å². The van der Waals surface area contributed by atoms with E-state index in [1.54, 1.807) is 28.6 Å². The number of nitrogens with zero attached hydrogens (tertiary/aromatic N) is 2. The summed E-state index contributed by atoms with van der Waals surface area (Å²) in [5.41, 5.74) is 3.22. The number of hydrogen-bond acceptors (Lipinski definition) is 5. The van der Waals surface area contributed by atoms with Crippen LogP contribution < -0.4 is 4.90 Å². The molecule has 2 fully saturated rings. The number of para-hydroxylation sites is 1. The fourth-order valence-corrected chi connectivity index (χ4v) is 8.97. The molecule has 4 aromatic rings. The van der Waals surface area contributed by atoms with E-state index in [-0.39, 0.29) is 35.6 Å². The zero-order valence-electron chi connectivity index (χ0n) is 24.7. The van der Waals surface area contributed by atoms with Crippen LogP contribution in [0.5, 0.6) is 0 Å². The maximum atomic E-state index is 14.5. The molecule has 0 unspecified atom stereocenters. The van der Waals surface area contributed by atoms with Gasteiger partial charge in [-0.25, -0.2) is 8.42 Å². The van der Waals surface area contributed by atoms with Gasteiger partial charge in [0.2, 0.25) is 21.8 Å². The van der Waals surface area contributed by atoms with Gasteiger partial charge in [0.05, 0.1) is 40.8 Å². The van der Waals surface area contributed by atoms with Gasteiger partial charge in [0, 0.05) is 13.0 Å². The number of ether oxygens (including phenoxy) is 1. The van der Waals surface area contributed by atoms with Gasteiger partial charge in [0.25, 0.3) is 0 Å². The SMILES string of the molecule is CCOC1=C2CN(S(=O)(=O)c3ccc(C)cc3)[C@H](c3cccc4ccccc34)C[C@H]2[C@H]2C(=O)N(c3ccccc3)C(=O)[C@H]2C1. The minimum absolute atomic E-state index is 0.0835. The molecule has 8 heteroatoms. The van der Waals surface area contributed by atoms with E-state index >= 15 is 0 Å². The molecule has 0 bridgehead atoms. The molecule has 224 valence electrons. The highest BCUT2D eigenvalue weighted by molar-refractivity contribution is 7.89. The normalized spacial score (nSPS) is 24.0. The monoisotopic (exact) mass is 606 g/mol. The second-order valence-electron chi connectivity index (χ2n) is 11.9. The maximum absolute atomic E-state index is 14.5. The number of fused-ring (bicyclic) bond motifs is 4. The highest BCUT2D eigenvalue weighted by atomic mass is 32.2. The Bertz CT molecular complexity index is 1900. The molecule has 0 spiro atoms. The van der Waals surface area contributed by atoms with Gasteiger partial charge in [0.15, 0.2) is 0 Å². The number of allylic oxidation sites excluding steroid dienone is 1. The molecular formula is C36H34N2O5S. The number of carbonyl (C=O) groups is 2. The number of piperidine rings is 1. The Morgan fingerprint density at radius 1 is 0.818 bits per heavy atom. The Balaban J connectivity index is 1.39. The van der Waals surface area contributed by atoms with Crippen molar-refractivity contribution in [1.29, 1.82) is 0 Å². The van der Waals surface area contributed by atoms with Crippen LogP contribution in [0.15, 0.2) is 113 Å². The Kier molecular flexibility index (Phi) is 7.14. The second kappa shape index (κ2) is 11.0. The van der Waals surface area contributed by atoms with E-state index in [2.05, 4.69) is 0 Å². The van der Waals surface area contributed by atoms with Crippen molar-refractivity contribution in [2.75, 3.05) is 18.1 Å². The third-order valence-electron chi connectivity index (χ3n) is 9.42. The van der Waals surface area contributed by atoms with Gasteiger partial charge in [-0.1, -0.05) is 78.4 Å². The van der Waals surface area contributed by atoms with Gasteiger partial charge in [-0.3, -0.25) is 14.5 Å². The second-order valence-corrected chi connectivity index (χ2v) is 13.7. The lowest BCUT2D eigenvalue weighted by Crippen LogP contribution is -2.47. The molecule has 1 aliphatic carbocycles. The number of sulfonamides is 1. The van der Waals surface area contributed by atoms with Crippen LogP contribution in [0, 0.1) is 24.7 Å². The summed E-state index contributed by atoms with van der Waals surface area (Å²) in [6.07, 6.45) is 0.628. The van der Waals surface area contributed by atoms with Crippen molar-refractivity contribution in [3.8, 4) is 0 Å². The molecule has 2 amide bonds. The number of carbonyl (C=O) groups excluding carboxylic acids is 2. The number of benzene rings is 4. The Morgan fingerprint density at radius 2 is 1.52 bits per heavy atom. The molecule has 2 saturated heterocycles. The van der Waals surface area contributed by atoms with E-state index in [1.165, 1.54) is 4.90 Å². The fraction of sp³-hybridized carbons (Fsp3) is 0.278. The Labute approximate surface area is 257 Å². The van der Waals surface area contributed by atoms with Crippen LogP contribution in [0.25, 0.3) is 10.8 Å². The van der Waals surface area contributed by atoms with Crippen LogP contribution in [0.4, 0.5) is 5.69 Å². The molecule has 2 heterocycles. The lowest BCUT2D eigenvalue weighted by Gasteiger charge is -2.45. The first-order valence-electron chi connectivity index (χ1n) is 15.1. The summed E-state index contributed by atoms with van der Waals surface area (Å²) < 4.78 is 36.7. The largest absolute Gasteiger partial charge is 0.498 e. The predicted molar refractivity (Wildman–Crippen MR) is 169 cm³/mol. The zero-order chi connectivity index (χ0) is 30.6. The molecule has 4 atom stereocenters. The fourth-order valence-electron chi connectivity index (χ4n) is 7.38. The number of hydrogen-bond donors (Lipinski definition) is 0. The number of aryl methyl sites for hydroxylation is 1. The van der Waals surface area contributed by atoms with Gasteiger partial charge in [-0.2, -0.15) is 4.31 Å². The van der Waals surface area contributed by atoms with Crippen molar-refractivity contribution in [1.82, 2.24) is 4.31 Å². The van der Waals surface area contributed by atoms with E-state index in [9.17, 15) is 18.0 Å². The van der Waals surface area contributed by atoms with Gasteiger partial charge in [0.1, 0.15) is 0 Å². The van der Waals surface area contributed by atoms with Crippen molar-refractivity contribution in [3.63, 3.8) is 0 Å². The summed E-state index contributed by atoms with van der Waals surface area (Å²) in [5.74, 6) is -1.33. The highest BCUT2D eigenvalue weighted by Gasteiger charge is 2.58. The summed E-state index contributed by atoms with van der Waals surface area (Å²) in [5, 5.41) is 1.98. The quantitative estimate of drug-likeness (QED) is 0.237. The van der Waals surface area contributed by atoms with Crippen molar-refractivity contribution in [2.24, 2.45) is 17.8 Å². The number of rotatable bonds is 6. The maximum Gasteiger partial charge on any atom is 0.243 e. The molecular weight excluding hydrogens is 572 g/mol. The predicted octanol–water partition coefficient (Wildman–Crippen LogP) is 6.40. The van der Waals surface area contributed by atoms with Crippen molar-refractivity contribution in [2.45, 2.75) is 37.6 Å². The third kappa shape index (κ3) is 4.55. The Hall–Kier alpha value is -4.27. The van der Waals surface area contributed by atoms with Crippen molar-refractivity contribution < 1.29 is 22.7 Å². The Morgan fingerprint density at radius 3 is 2.27 bits per heavy atom. The molecule has 0 N–H and O–H groups in total. The molecule has 4 aromatic carbocycles. The van der Waals surface area contributed by atoms with Crippen molar-refractivity contribution >= 4 is 38.3 Å². The van der Waals surface area contributed by atoms with E-state index in [1.807, 2.05) is 86.6 Å². The molecule has 7 nitrogen and oxygen atoms in total. The van der Waals surface area contributed by atoms with Gasteiger partial charge in [-0.15, -0.1) is 0 Å². The standard InChI is InChI=1S/C36H34N2O5S/c1-3-43-33-21-30-34(36(40)38(35(30)39)25-12-5-4-6-13-25)29-20-32(28-15-9-11-24-10-7-8-14-27(24)28)37(22-31(29)33)44(41,42)26-18-16-23(2)17-19-26/h4-19,29-30,32,34H,3,20-22H2,1-2H3/t29-,30+,32+,34-/m1/s1. The lowest BCUT2D eigenvalue weighted by atomic mass is 9.67. The van der Waals surface area contributed by atoms with E-state index in [0.717, 1.165) is 27.5 Å². The molecule has 2 aliphatic heterocycles. The number of imide groups is 1. The minimum atomic E-state index is -3.95. The molecule has 0 radical (unpaired) electrons. The minimum Gasteiger partial charge on any atom is -0.498 e.